The van der Waals surface area contributed by atoms with Crippen LogP contribution in [0.25, 0.3) is 10.9 Å². The first-order valence-electron chi connectivity index (χ1n) is 6.39. The molecule has 0 spiro atoms. The highest BCUT2D eigenvalue weighted by Crippen LogP contribution is 2.21. The van der Waals surface area contributed by atoms with Gasteiger partial charge in [0.05, 0.1) is 5.60 Å². The Bertz CT molecular complexity index is 516. The number of aromatic nitrogens is 1. The molecule has 1 unspecified atom stereocenters. The topological polar surface area (TPSA) is 37.0 Å². The third-order valence-electron chi connectivity index (χ3n) is 3.32. The van der Waals surface area contributed by atoms with Crippen LogP contribution in [-0.4, -0.2) is 23.7 Å². The van der Waals surface area contributed by atoms with Crippen molar-refractivity contribution in [3.05, 3.63) is 30.5 Å². The van der Waals surface area contributed by atoms with Gasteiger partial charge in [-0.25, -0.2) is 0 Å². The van der Waals surface area contributed by atoms with Gasteiger partial charge in [0, 0.05) is 35.9 Å². The van der Waals surface area contributed by atoms with Gasteiger partial charge in [0.1, 0.15) is 0 Å². The van der Waals surface area contributed by atoms with E-state index in [1.807, 2.05) is 6.20 Å². The molecule has 18 heavy (non-hydrogen) atoms. The second-order valence-corrected chi connectivity index (χ2v) is 5.49. The van der Waals surface area contributed by atoms with Crippen LogP contribution in [0.3, 0.4) is 0 Å². The van der Waals surface area contributed by atoms with Crippen molar-refractivity contribution >= 4 is 16.6 Å². The minimum Gasteiger partial charge on any atom is -0.382 e. The lowest BCUT2D eigenvalue weighted by molar-refractivity contribution is 0.0128. The lowest BCUT2D eigenvalue weighted by Crippen LogP contribution is -2.31. The molecule has 1 heterocycles. The maximum absolute atomic E-state index is 5.46. The second-order valence-electron chi connectivity index (χ2n) is 5.49. The van der Waals surface area contributed by atoms with Crippen molar-refractivity contribution in [2.75, 3.05) is 12.4 Å². The fourth-order valence-corrected chi connectivity index (χ4v) is 2.30. The number of methoxy groups -OCH3 is 1. The summed E-state index contributed by atoms with van der Waals surface area (Å²) in [5.41, 5.74) is 2.23. The second kappa shape index (κ2) is 5.02. The van der Waals surface area contributed by atoms with Crippen LogP contribution in [0.1, 0.15) is 27.2 Å². The number of hydrogen-bond donors (Lipinski definition) is 2. The van der Waals surface area contributed by atoms with E-state index < -0.39 is 0 Å². The lowest BCUT2D eigenvalue weighted by atomic mass is 9.99. The quantitative estimate of drug-likeness (QED) is 0.842. The average molecular weight is 246 g/mol. The third kappa shape index (κ3) is 3.05. The zero-order chi connectivity index (χ0) is 13.2. The molecule has 3 nitrogen and oxygen atoms in total. The summed E-state index contributed by atoms with van der Waals surface area (Å²) in [6, 6.07) is 8.84. The molecule has 2 aromatic rings. The van der Waals surface area contributed by atoms with Gasteiger partial charge in [-0.2, -0.15) is 0 Å². The molecular weight excluding hydrogens is 224 g/mol. The van der Waals surface area contributed by atoms with Gasteiger partial charge in [0.2, 0.25) is 0 Å². The summed E-state index contributed by atoms with van der Waals surface area (Å²) in [5.74, 6) is 0. The minimum absolute atomic E-state index is 0.0927. The smallest absolute Gasteiger partial charge is 0.0642 e. The van der Waals surface area contributed by atoms with E-state index in [4.69, 9.17) is 4.74 Å². The molecule has 0 radical (unpaired) electrons. The van der Waals surface area contributed by atoms with E-state index in [-0.39, 0.29) is 5.60 Å². The molecular formula is C15H22N2O. The van der Waals surface area contributed by atoms with Gasteiger partial charge in [-0.3, -0.25) is 0 Å². The molecule has 0 amide bonds. The zero-order valence-corrected chi connectivity index (χ0v) is 11.6. The molecule has 0 bridgehead atoms. The van der Waals surface area contributed by atoms with Crippen molar-refractivity contribution in [1.82, 2.24) is 4.98 Å². The summed E-state index contributed by atoms with van der Waals surface area (Å²) in [7, 11) is 1.76. The number of aromatic amines is 1. The van der Waals surface area contributed by atoms with Crippen molar-refractivity contribution in [1.29, 1.82) is 0 Å². The number of anilines is 1. The first-order valence-corrected chi connectivity index (χ1v) is 6.39. The number of benzene rings is 1. The summed E-state index contributed by atoms with van der Waals surface area (Å²) in [6.07, 6.45) is 2.93. The van der Waals surface area contributed by atoms with Crippen molar-refractivity contribution < 1.29 is 4.74 Å². The number of ether oxygens (including phenoxy) is 1. The highest BCUT2D eigenvalue weighted by Gasteiger charge is 2.19. The summed E-state index contributed by atoms with van der Waals surface area (Å²) in [6.45, 7) is 6.41. The van der Waals surface area contributed by atoms with Crippen LogP contribution >= 0.6 is 0 Å². The zero-order valence-electron chi connectivity index (χ0n) is 11.6. The molecule has 2 N–H and O–H groups in total. The third-order valence-corrected chi connectivity index (χ3v) is 3.32. The first-order chi connectivity index (χ1) is 8.50. The lowest BCUT2D eigenvalue weighted by Gasteiger charge is -2.27. The van der Waals surface area contributed by atoms with E-state index in [0.717, 1.165) is 12.1 Å². The normalized spacial score (nSPS) is 13.8. The number of nitrogens with one attached hydrogen (secondary N) is 2. The highest BCUT2D eigenvalue weighted by atomic mass is 16.5. The minimum atomic E-state index is -0.0927. The van der Waals surface area contributed by atoms with Crippen LogP contribution in [0, 0.1) is 0 Å². The number of H-pyrrole nitrogens is 1. The molecule has 1 atom stereocenters. The predicted octanol–water partition coefficient (Wildman–Crippen LogP) is 3.78. The SMILES string of the molecule is COC(C)(C)CC(C)Nc1ccc2[nH]ccc2c1. The van der Waals surface area contributed by atoms with Gasteiger partial charge in [-0.05, 0) is 51.5 Å². The fraction of sp³-hybridized carbons (Fsp3) is 0.467. The molecule has 3 heteroatoms. The van der Waals surface area contributed by atoms with Gasteiger partial charge >= 0.3 is 0 Å². The average Bonchev–Trinajstić information content (AvgIpc) is 2.75. The fourth-order valence-electron chi connectivity index (χ4n) is 2.30. The molecule has 1 aromatic heterocycles. The Morgan fingerprint density at radius 1 is 1.33 bits per heavy atom. The Morgan fingerprint density at radius 2 is 2.11 bits per heavy atom. The number of rotatable bonds is 5. The van der Waals surface area contributed by atoms with Crippen LogP contribution in [0.2, 0.25) is 0 Å². The first kappa shape index (κ1) is 13.0. The van der Waals surface area contributed by atoms with Crippen molar-refractivity contribution in [2.45, 2.75) is 38.8 Å². The largest absolute Gasteiger partial charge is 0.382 e. The van der Waals surface area contributed by atoms with Crippen LogP contribution in [0.5, 0.6) is 0 Å². The number of hydrogen-bond acceptors (Lipinski definition) is 2. The predicted molar refractivity (Wildman–Crippen MR) is 77.1 cm³/mol. The van der Waals surface area contributed by atoms with E-state index in [0.29, 0.717) is 6.04 Å². The molecule has 0 saturated heterocycles. The van der Waals surface area contributed by atoms with Gasteiger partial charge < -0.3 is 15.0 Å². The van der Waals surface area contributed by atoms with Gasteiger partial charge in [-0.15, -0.1) is 0 Å². The van der Waals surface area contributed by atoms with Gasteiger partial charge in [-0.1, -0.05) is 0 Å². The van der Waals surface area contributed by atoms with E-state index in [2.05, 4.69) is 55.3 Å². The molecule has 0 saturated carbocycles. The van der Waals surface area contributed by atoms with Gasteiger partial charge in [0.15, 0.2) is 0 Å². The summed E-state index contributed by atoms with van der Waals surface area (Å²) in [4.78, 5) is 3.20. The van der Waals surface area contributed by atoms with E-state index >= 15 is 0 Å². The summed E-state index contributed by atoms with van der Waals surface area (Å²) < 4.78 is 5.46. The Morgan fingerprint density at radius 3 is 2.83 bits per heavy atom. The van der Waals surface area contributed by atoms with Crippen LogP contribution in [-0.2, 0) is 4.74 Å². The molecule has 0 aliphatic heterocycles. The Kier molecular flexibility index (Phi) is 3.62. The Hall–Kier alpha value is -1.48. The van der Waals surface area contributed by atoms with Crippen molar-refractivity contribution in [3.63, 3.8) is 0 Å². The monoisotopic (exact) mass is 246 g/mol. The molecule has 1 aromatic carbocycles. The summed E-state index contributed by atoms with van der Waals surface area (Å²) in [5, 5.41) is 4.75. The molecule has 2 rings (SSSR count). The van der Waals surface area contributed by atoms with Crippen LogP contribution in [0.15, 0.2) is 30.5 Å². The Labute approximate surface area is 109 Å². The highest BCUT2D eigenvalue weighted by molar-refractivity contribution is 5.82. The Balaban J connectivity index is 2.04. The van der Waals surface area contributed by atoms with Crippen LogP contribution < -0.4 is 5.32 Å². The van der Waals surface area contributed by atoms with E-state index in [1.165, 1.54) is 10.9 Å². The standard InChI is InChI=1S/C15H22N2O/c1-11(10-15(2,3)18-4)17-13-5-6-14-12(9-13)7-8-16-14/h5-9,11,16-17H,10H2,1-4H3. The van der Waals surface area contributed by atoms with Crippen molar-refractivity contribution in [3.8, 4) is 0 Å². The molecule has 0 fully saturated rings. The molecule has 98 valence electrons. The molecule has 0 aliphatic rings. The molecule has 0 aliphatic carbocycles. The van der Waals surface area contributed by atoms with E-state index in [1.54, 1.807) is 7.11 Å². The van der Waals surface area contributed by atoms with Gasteiger partial charge in [0.25, 0.3) is 0 Å². The number of fused-ring (bicyclic) bond motifs is 1. The van der Waals surface area contributed by atoms with E-state index in [9.17, 15) is 0 Å². The maximum atomic E-state index is 5.46. The van der Waals surface area contributed by atoms with Crippen molar-refractivity contribution in [2.24, 2.45) is 0 Å². The summed E-state index contributed by atoms with van der Waals surface area (Å²) >= 11 is 0. The van der Waals surface area contributed by atoms with Crippen LogP contribution in [0.4, 0.5) is 5.69 Å². The maximum Gasteiger partial charge on any atom is 0.0642 e.